The lowest BCUT2D eigenvalue weighted by Crippen LogP contribution is -2.44. The van der Waals surface area contributed by atoms with Gasteiger partial charge in [0.1, 0.15) is 5.69 Å². The third kappa shape index (κ3) is 3.24. The van der Waals surface area contributed by atoms with Crippen molar-refractivity contribution in [3.05, 3.63) is 89.9 Å². The van der Waals surface area contributed by atoms with Gasteiger partial charge < -0.3 is 4.90 Å². The largest absolute Gasteiger partial charge is 0.337 e. The predicted octanol–water partition coefficient (Wildman–Crippen LogP) is 5.29. The first-order valence-electron chi connectivity index (χ1n) is 12.3. The SMILES string of the molecule is O=C(c1ccc2cccc(-c3cnc4[nH]ncc4c3)c2n1)N1CCC2(CCc3ccccc32)CC1. The Morgan fingerprint density at radius 1 is 0.914 bits per heavy atom. The molecule has 2 aliphatic rings. The van der Waals surface area contributed by atoms with Gasteiger partial charge in [0.25, 0.3) is 5.91 Å². The molecule has 5 aromatic rings. The number of likely N-dealkylation sites (tertiary alicyclic amines) is 1. The summed E-state index contributed by atoms with van der Waals surface area (Å²) < 4.78 is 0. The smallest absolute Gasteiger partial charge is 0.272 e. The number of piperidine rings is 1. The number of benzene rings is 2. The number of amides is 1. The number of fused-ring (bicyclic) bond motifs is 4. The molecule has 0 saturated carbocycles. The molecule has 1 aliphatic heterocycles. The summed E-state index contributed by atoms with van der Waals surface area (Å²) in [6.07, 6.45) is 7.98. The molecule has 0 radical (unpaired) electrons. The molecule has 7 rings (SSSR count). The summed E-state index contributed by atoms with van der Waals surface area (Å²) in [7, 11) is 0. The van der Waals surface area contributed by atoms with E-state index in [2.05, 4.69) is 45.5 Å². The van der Waals surface area contributed by atoms with Crippen molar-refractivity contribution in [1.82, 2.24) is 25.1 Å². The van der Waals surface area contributed by atoms with Gasteiger partial charge in [0.05, 0.1) is 11.7 Å². The zero-order valence-corrected chi connectivity index (χ0v) is 19.4. The number of H-pyrrole nitrogens is 1. The average Bonchev–Trinajstić information content (AvgIpc) is 3.53. The van der Waals surface area contributed by atoms with Crippen LogP contribution in [-0.4, -0.2) is 44.1 Å². The number of hydrogen-bond acceptors (Lipinski definition) is 4. The molecular weight excluding hydrogens is 434 g/mol. The van der Waals surface area contributed by atoms with Crippen molar-refractivity contribution in [2.75, 3.05) is 13.1 Å². The number of para-hydroxylation sites is 1. The minimum absolute atomic E-state index is 0.0197. The van der Waals surface area contributed by atoms with Gasteiger partial charge in [-0.15, -0.1) is 0 Å². The Bertz CT molecular complexity index is 1600. The fraction of sp³-hybridized carbons (Fsp3) is 0.241. The van der Waals surface area contributed by atoms with Crippen LogP contribution in [0.5, 0.6) is 0 Å². The van der Waals surface area contributed by atoms with Crippen LogP contribution in [0.1, 0.15) is 40.9 Å². The second-order valence-corrected chi connectivity index (χ2v) is 9.84. The van der Waals surface area contributed by atoms with Gasteiger partial charge in [0, 0.05) is 41.2 Å². The van der Waals surface area contributed by atoms with Crippen LogP contribution in [0.4, 0.5) is 0 Å². The van der Waals surface area contributed by atoms with Crippen LogP contribution in [0.15, 0.2) is 73.1 Å². The molecule has 0 bridgehead atoms. The number of carbonyl (C=O) groups excluding carboxylic acids is 1. The molecule has 2 aromatic carbocycles. The minimum atomic E-state index is 0.0197. The number of aromatic amines is 1. The van der Waals surface area contributed by atoms with Crippen molar-refractivity contribution >= 4 is 27.8 Å². The molecule has 4 heterocycles. The zero-order valence-electron chi connectivity index (χ0n) is 19.4. The highest BCUT2D eigenvalue weighted by atomic mass is 16.2. The van der Waals surface area contributed by atoms with E-state index in [1.807, 2.05) is 41.4 Å². The maximum absolute atomic E-state index is 13.5. The van der Waals surface area contributed by atoms with Gasteiger partial charge in [-0.05, 0) is 54.4 Å². The highest BCUT2D eigenvalue weighted by molar-refractivity contribution is 5.99. The van der Waals surface area contributed by atoms with Crippen molar-refractivity contribution in [2.24, 2.45) is 0 Å². The number of hydrogen-bond donors (Lipinski definition) is 1. The molecule has 35 heavy (non-hydrogen) atoms. The summed E-state index contributed by atoms with van der Waals surface area (Å²) in [5.74, 6) is 0.0197. The van der Waals surface area contributed by atoms with Gasteiger partial charge >= 0.3 is 0 Å². The Balaban J connectivity index is 1.18. The van der Waals surface area contributed by atoms with Crippen LogP contribution in [0.25, 0.3) is 33.1 Å². The number of nitrogens with one attached hydrogen (secondary N) is 1. The molecule has 0 atom stereocenters. The quantitative estimate of drug-likeness (QED) is 0.389. The van der Waals surface area contributed by atoms with E-state index in [-0.39, 0.29) is 11.3 Å². The van der Waals surface area contributed by atoms with Crippen molar-refractivity contribution < 1.29 is 4.79 Å². The monoisotopic (exact) mass is 459 g/mol. The van der Waals surface area contributed by atoms with Gasteiger partial charge in [-0.25, -0.2) is 9.97 Å². The number of carbonyl (C=O) groups is 1. The Morgan fingerprint density at radius 2 is 1.80 bits per heavy atom. The third-order valence-electron chi connectivity index (χ3n) is 8.01. The Labute approximate surface area is 203 Å². The maximum Gasteiger partial charge on any atom is 0.272 e. The van der Waals surface area contributed by atoms with Crippen molar-refractivity contribution in [3.63, 3.8) is 0 Å². The lowest BCUT2D eigenvalue weighted by Gasteiger charge is -2.40. The van der Waals surface area contributed by atoms with E-state index in [1.165, 1.54) is 17.5 Å². The van der Waals surface area contributed by atoms with E-state index in [4.69, 9.17) is 4.98 Å². The average molecular weight is 460 g/mol. The summed E-state index contributed by atoms with van der Waals surface area (Å²) in [6, 6.07) is 20.9. The van der Waals surface area contributed by atoms with Crippen LogP contribution in [0, 0.1) is 0 Å². The van der Waals surface area contributed by atoms with Crippen LogP contribution in [0.3, 0.4) is 0 Å². The summed E-state index contributed by atoms with van der Waals surface area (Å²) in [6.45, 7) is 1.55. The number of rotatable bonds is 2. The van der Waals surface area contributed by atoms with Gasteiger partial charge in [0.15, 0.2) is 5.65 Å². The molecule has 3 aromatic heterocycles. The van der Waals surface area contributed by atoms with Crippen molar-refractivity contribution in [3.8, 4) is 11.1 Å². The number of aromatic nitrogens is 4. The standard InChI is InChI=1S/C29H25N5O/c35-28(34-14-12-29(13-15-34)11-10-19-4-1-2-7-24(19)29)25-9-8-20-5-3-6-23(26(20)32-25)21-16-22-18-31-33-27(22)30-17-21/h1-9,16-18H,10-15H2,(H,30,31,33). The van der Waals surface area contributed by atoms with Crippen LogP contribution in [0.2, 0.25) is 0 Å². The fourth-order valence-corrected chi connectivity index (χ4v) is 6.07. The lowest BCUT2D eigenvalue weighted by molar-refractivity contribution is 0.0660. The van der Waals surface area contributed by atoms with E-state index in [0.29, 0.717) is 5.69 Å². The summed E-state index contributed by atoms with van der Waals surface area (Å²) >= 11 is 0. The fourth-order valence-electron chi connectivity index (χ4n) is 6.07. The van der Waals surface area contributed by atoms with Gasteiger partial charge in [-0.2, -0.15) is 5.10 Å². The second-order valence-electron chi connectivity index (χ2n) is 9.84. The first kappa shape index (κ1) is 20.3. The molecule has 6 nitrogen and oxygen atoms in total. The lowest BCUT2D eigenvalue weighted by atomic mass is 9.74. The Morgan fingerprint density at radius 3 is 2.71 bits per heavy atom. The highest BCUT2D eigenvalue weighted by Crippen LogP contribution is 2.46. The topological polar surface area (TPSA) is 74.8 Å². The van der Waals surface area contributed by atoms with E-state index >= 15 is 0 Å². The van der Waals surface area contributed by atoms with E-state index in [1.54, 1.807) is 6.20 Å². The van der Waals surface area contributed by atoms with E-state index < -0.39 is 0 Å². The molecule has 0 unspecified atom stereocenters. The minimum Gasteiger partial charge on any atom is -0.337 e. The highest BCUT2D eigenvalue weighted by Gasteiger charge is 2.41. The molecule has 1 spiro atoms. The molecule has 6 heteroatoms. The van der Waals surface area contributed by atoms with E-state index in [9.17, 15) is 4.79 Å². The van der Waals surface area contributed by atoms with Crippen molar-refractivity contribution in [1.29, 1.82) is 0 Å². The molecule has 1 N–H and O–H groups in total. The Kier molecular flexibility index (Phi) is 4.49. The van der Waals surface area contributed by atoms with Crippen LogP contribution >= 0.6 is 0 Å². The summed E-state index contributed by atoms with van der Waals surface area (Å²) in [4.78, 5) is 24.9. The first-order chi connectivity index (χ1) is 17.2. The van der Waals surface area contributed by atoms with E-state index in [0.717, 1.165) is 65.4 Å². The second kappa shape index (κ2) is 7.73. The molecular formula is C29H25N5O. The zero-order chi connectivity index (χ0) is 23.4. The summed E-state index contributed by atoms with van der Waals surface area (Å²) in [5.41, 5.74) is 7.23. The molecule has 1 aliphatic carbocycles. The maximum atomic E-state index is 13.5. The Hall–Kier alpha value is -4.06. The first-order valence-corrected chi connectivity index (χ1v) is 12.3. The van der Waals surface area contributed by atoms with Gasteiger partial charge in [-0.3, -0.25) is 9.89 Å². The van der Waals surface area contributed by atoms with Crippen LogP contribution < -0.4 is 0 Å². The van der Waals surface area contributed by atoms with Crippen molar-refractivity contribution in [2.45, 2.75) is 31.1 Å². The number of aryl methyl sites for hydroxylation is 1. The number of nitrogens with zero attached hydrogens (tertiary/aromatic N) is 4. The molecule has 1 amide bonds. The number of pyridine rings is 2. The summed E-state index contributed by atoms with van der Waals surface area (Å²) in [5, 5.41) is 8.92. The third-order valence-corrected chi connectivity index (χ3v) is 8.01. The molecule has 1 saturated heterocycles. The van der Waals surface area contributed by atoms with Gasteiger partial charge in [-0.1, -0.05) is 48.5 Å². The molecule has 1 fully saturated rings. The van der Waals surface area contributed by atoms with Gasteiger partial charge in [0.2, 0.25) is 0 Å². The predicted molar refractivity (Wildman–Crippen MR) is 136 cm³/mol. The van der Waals surface area contributed by atoms with Crippen LogP contribution in [-0.2, 0) is 11.8 Å². The normalized spacial score (nSPS) is 16.7. The molecule has 172 valence electrons.